The standard InChI is InChI=1S/C24H21F3N6O4/c1-3-5-28-6-4-7-29-22(35)19-14(2)10-15(11-18(19)34)37-23-21-31-12-17(33(21)9-8-30-23)16-13-36-32-20(16)24(25,26)27/h1,8-13,28,34H,4-7H2,2H3,(H,29,35). The largest absolute Gasteiger partial charge is 0.507 e. The highest BCUT2D eigenvalue weighted by atomic mass is 19.4. The van der Waals surface area contributed by atoms with Crippen LogP contribution in [0.2, 0.25) is 0 Å². The van der Waals surface area contributed by atoms with E-state index in [2.05, 4.69) is 36.2 Å². The molecule has 0 saturated carbocycles. The number of amides is 1. The molecule has 0 aliphatic heterocycles. The number of aromatic hydroxyl groups is 1. The highest BCUT2D eigenvalue weighted by molar-refractivity contribution is 5.98. The molecule has 0 saturated heterocycles. The number of nitrogens with one attached hydrogen (secondary N) is 2. The maximum Gasteiger partial charge on any atom is 0.437 e. The molecule has 0 fully saturated rings. The van der Waals surface area contributed by atoms with Gasteiger partial charge in [0.05, 0.1) is 29.6 Å². The monoisotopic (exact) mass is 514 g/mol. The van der Waals surface area contributed by atoms with Gasteiger partial charge in [-0.25, -0.2) is 9.97 Å². The van der Waals surface area contributed by atoms with Crippen LogP contribution >= 0.6 is 0 Å². The fourth-order valence-corrected chi connectivity index (χ4v) is 3.66. The summed E-state index contributed by atoms with van der Waals surface area (Å²) in [6.07, 6.45) is 5.91. The molecule has 3 aromatic heterocycles. The number of imidazole rings is 1. The topological polar surface area (TPSA) is 127 Å². The number of fused-ring (bicyclic) bond motifs is 1. The fraction of sp³-hybridized carbons (Fsp3) is 0.250. The molecule has 0 aliphatic rings. The van der Waals surface area contributed by atoms with Crippen LogP contribution in [0.15, 0.2) is 41.5 Å². The van der Waals surface area contributed by atoms with E-state index in [-0.39, 0.29) is 39.8 Å². The second kappa shape index (κ2) is 10.6. The van der Waals surface area contributed by atoms with Gasteiger partial charge in [0.25, 0.3) is 11.8 Å². The van der Waals surface area contributed by atoms with Crippen molar-refractivity contribution < 1.29 is 32.3 Å². The number of aryl methyl sites for hydroxylation is 1. The van der Waals surface area contributed by atoms with Gasteiger partial charge in [-0.2, -0.15) is 13.2 Å². The van der Waals surface area contributed by atoms with Crippen molar-refractivity contribution in [3.8, 4) is 41.0 Å². The van der Waals surface area contributed by atoms with Gasteiger partial charge >= 0.3 is 6.18 Å². The van der Waals surface area contributed by atoms with Gasteiger partial charge in [-0.1, -0.05) is 11.1 Å². The van der Waals surface area contributed by atoms with Crippen LogP contribution in [-0.4, -0.2) is 50.2 Å². The number of hydrogen-bond donors (Lipinski definition) is 3. The quantitative estimate of drug-likeness (QED) is 0.229. The van der Waals surface area contributed by atoms with Crippen LogP contribution < -0.4 is 15.4 Å². The number of rotatable bonds is 9. The highest BCUT2D eigenvalue weighted by Gasteiger charge is 2.38. The number of halogens is 3. The van der Waals surface area contributed by atoms with Gasteiger partial charge in [-0.15, -0.1) is 6.42 Å². The summed E-state index contributed by atoms with van der Waals surface area (Å²) < 4.78 is 51.5. The summed E-state index contributed by atoms with van der Waals surface area (Å²) in [5, 5.41) is 19.3. The molecule has 192 valence electrons. The van der Waals surface area contributed by atoms with Crippen molar-refractivity contribution in [3.05, 3.63) is 53.8 Å². The van der Waals surface area contributed by atoms with Crippen molar-refractivity contribution in [2.24, 2.45) is 0 Å². The van der Waals surface area contributed by atoms with E-state index >= 15 is 0 Å². The molecule has 10 nitrogen and oxygen atoms in total. The molecule has 3 N–H and O–H groups in total. The molecule has 0 aliphatic carbocycles. The third kappa shape index (κ3) is 5.49. The molecule has 4 aromatic rings. The Labute approximate surface area is 208 Å². The fourth-order valence-electron chi connectivity index (χ4n) is 3.66. The molecule has 0 spiro atoms. The molecule has 4 rings (SSSR count). The van der Waals surface area contributed by atoms with E-state index in [9.17, 15) is 23.1 Å². The van der Waals surface area contributed by atoms with E-state index in [1.807, 2.05) is 0 Å². The van der Waals surface area contributed by atoms with Crippen molar-refractivity contribution in [3.63, 3.8) is 0 Å². The zero-order chi connectivity index (χ0) is 26.6. The van der Waals surface area contributed by atoms with Crippen LogP contribution in [-0.2, 0) is 6.18 Å². The van der Waals surface area contributed by atoms with Gasteiger partial charge in [0.15, 0.2) is 5.69 Å². The number of terminal acetylenes is 1. The van der Waals surface area contributed by atoms with Crippen LogP contribution in [0.4, 0.5) is 13.2 Å². The van der Waals surface area contributed by atoms with Crippen LogP contribution in [0.1, 0.15) is 28.0 Å². The number of phenolic OH excluding ortho intramolecular Hbond substituents is 1. The molecular weight excluding hydrogens is 493 g/mol. The lowest BCUT2D eigenvalue weighted by Crippen LogP contribution is -2.28. The summed E-state index contributed by atoms with van der Waals surface area (Å²) in [6, 6.07) is 2.77. The summed E-state index contributed by atoms with van der Waals surface area (Å²) in [4.78, 5) is 20.8. The Morgan fingerprint density at radius 3 is 2.84 bits per heavy atom. The molecular formula is C24H21F3N6O4. The normalized spacial score (nSPS) is 11.4. The maximum absolute atomic E-state index is 13.3. The molecule has 0 unspecified atom stereocenters. The van der Waals surface area contributed by atoms with E-state index in [0.29, 0.717) is 31.6 Å². The van der Waals surface area contributed by atoms with Crippen LogP contribution in [0, 0.1) is 19.3 Å². The van der Waals surface area contributed by atoms with Gasteiger partial charge in [0, 0.05) is 25.0 Å². The van der Waals surface area contributed by atoms with Gasteiger partial charge in [0.1, 0.15) is 17.8 Å². The van der Waals surface area contributed by atoms with Crippen molar-refractivity contribution in [2.75, 3.05) is 19.6 Å². The number of ether oxygens (including phenoxy) is 1. The lowest BCUT2D eigenvalue weighted by molar-refractivity contribution is -0.142. The third-order valence-corrected chi connectivity index (χ3v) is 5.28. The average molecular weight is 514 g/mol. The molecule has 0 radical (unpaired) electrons. The maximum atomic E-state index is 13.3. The second-order valence-corrected chi connectivity index (χ2v) is 7.87. The highest BCUT2D eigenvalue weighted by Crippen LogP contribution is 2.37. The van der Waals surface area contributed by atoms with E-state index in [1.165, 1.54) is 35.1 Å². The Morgan fingerprint density at radius 1 is 1.30 bits per heavy atom. The SMILES string of the molecule is C#CCNCCCNC(=O)c1c(C)cc(Oc2nccn3c(-c4conc4C(F)(F)F)cnc23)cc1O. The van der Waals surface area contributed by atoms with Crippen molar-refractivity contribution in [1.82, 2.24) is 30.2 Å². The van der Waals surface area contributed by atoms with E-state index in [1.54, 1.807) is 6.92 Å². The molecule has 0 bridgehead atoms. The number of aromatic nitrogens is 4. The minimum atomic E-state index is -4.72. The summed E-state index contributed by atoms with van der Waals surface area (Å²) in [6.45, 7) is 3.07. The first-order chi connectivity index (χ1) is 17.7. The predicted molar refractivity (Wildman–Crippen MR) is 125 cm³/mol. The first kappa shape index (κ1) is 25.5. The summed E-state index contributed by atoms with van der Waals surface area (Å²) in [7, 11) is 0. The van der Waals surface area contributed by atoms with Crippen molar-refractivity contribution in [2.45, 2.75) is 19.5 Å². The first-order valence-corrected chi connectivity index (χ1v) is 11.0. The van der Waals surface area contributed by atoms with E-state index < -0.39 is 17.8 Å². The molecule has 3 heterocycles. The Balaban J connectivity index is 1.54. The third-order valence-electron chi connectivity index (χ3n) is 5.28. The number of hydrogen-bond acceptors (Lipinski definition) is 8. The molecule has 1 aromatic carbocycles. The van der Waals surface area contributed by atoms with Gasteiger partial charge < -0.3 is 25.0 Å². The first-order valence-electron chi connectivity index (χ1n) is 11.0. The molecule has 37 heavy (non-hydrogen) atoms. The molecule has 0 atom stereocenters. The van der Waals surface area contributed by atoms with E-state index in [4.69, 9.17) is 11.2 Å². The zero-order valence-electron chi connectivity index (χ0n) is 19.5. The molecule has 1 amide bonds. The van der Waals surface area contributed by atoms with Crippen molar-refractivity contribution >= 4 is 11.6 Å². The number of alkyl halides is 3. The second-order valence-electron chi connectivity index (χ2n) is 7.87. The predicted octanol–water partition coefficient (Wildman–Crippen LogP) is 3.55. The minimum Gasteiger partial charge on any atom is -0.507 e. The average Bonchev–Trinajstić information content (AvgIpc) is 3.48. The van der Waals surface area contributed by atoms with Crippen LogP contribution in [0.25, 0.3) is 16.9 Å². The Hall–Kier alpha value is -4.57. The Morgan fingerprint density at radius 2 is 2.11 bits per heavy atom. The van der Waals surface area contributed by atoms with Crippen molar-refractivity contribution in [1.29, 1.82) is 0 Å². The van der Waals surface area contributed by atoms with E-state index in [0.717, 1.165) is 6.26 Å². The lowest BCUT2D eigenvalue weighted by Gasteiger charge is -2.13. The number of carbonyl (C=O) groups excluding carboxylic acids is 1. The Bertz CT molecular complexity index is 1450. The smallest absolute Gasteiger partial charge is 0.437 e. The van der Waals surface area contributed by atoms with Crippen LogP contribution in [0.5, 0.6) is 17.4 Å². The van der Waals surface area contributed by atoms with Gasteiger partial charge in [-0.3, -0.25) is 9.20 Å². The molecule has 13 heteroatoms. The Kier molecular flexibility index (Phi) is 7.30. The number of nitrogens with zero attached hydrogens (tertiary/aromatic N) is 4. The summed E-state index contributed by atoms with van der Waals surface area (Å²) in [5.41, 5.74) is -0.779. The summed E-state index contributed by atoms with van der Waals surface area (Å²) in [5.74, 6) is 1.81. The van der Waals surface area contributed by atoms with Crippen LogP contribution in [0.3, 0.4) is 0 Å². The number of benzene rings is 1. The number of phenols is 1. The van der Waals surface area contributed by atoms with Gasteiger partial charge in [0.2, 0.25) is 5.65 Å². The summed E-state index contributed by atoms with van der Waals surface area (Å²) >= 11 is 0. The zero-order valence-corrected chi connectivity index (χ0v) is 19.5. The number of carbonyl (C=O) groups is 1. The van der Waals surface area contributed by atoms with Gasteiger partial charge in [-0.05, 0) is 31.5 Å². The minimum absolute atomic E-state index is 0.0331. The lowest BCUT2D eigenvalue weighted by atomic mass is 10.1.